The second kappa shape index (κ2) is 5.38. The van der Waals surface area contributed by atoms with Gasteiger partial charge in [0.15, 0.2) is 6.29 Å². The van der Waals surface area contributed by atoms with E-state index >= 15 is 0 Å². The lowest BCUT2D eigenvalue weighted by Crippen LogP contribution is -2.41. The van der Waals surface area contributed by atoms with Crippen molar-refractivity contribution in [3.05, 3.63) is 33.9 Å². The molecular formula is C14H18N2O3. The van der Waals surface area contributed by atoms with Crippen molar-refractivity contribution in [3.8, 4) is 0 Å². The van der Waals surface area contributed by atoms with E-state index in [9.17, 15) is 14.9 Å². The van der Waals surface area contributed by atoms with E-state index in [-0.39, 0.29) is 5.69 Å². The smallest absolute Gasteiger partial charge is 0.270 e. The van der Waals surface area contributed by atoms with Gasteiger partial charge >= 0.3 is 0 Å². The highest BCUT2D eigenvalue weighted by Gasteiger charge is 2.25. The Hall–Kier alpha value is -1.91. The van der Waals surface area contributed by atoms with Crippen molar-refractivity contribution in [2.24, 2.45) is 5.92 Å². The fraction of sp³-hybridized carbons (Fsp3) is 0.500. The zero-order valence-corrected chi connectivity index (χ0v) is 11.2. The molecule has 0 amide bonds. The molecule has 1 heterocycles. The molecular weight excluding hydrogens is 244 g/mol. The van der Waals surface area contributed by atoms with Crippen molar-refractivity contribution < 1.29 is 9.72 Å². The van der Waals surface area contributed by atoms with Gasteiger partial charge in [0.2, 0.25) is 0 Å². The molecule has 0 radical (unpaired) electrons. The summed E-state index contributed by atoms with van der Waals surface area (Å²) in [5.74, 6) is 0.575. The summed E-state index contributed by atoms with van der Waals surface area (Å²) in [5, 5.41) is 10.7. The number of piperidine rings is 1. The van der Waals surface area contributed by atoms with Gasteiger partial charge in [-0.15, -0.1) is 0 Å². The van der Waals surface area contributed by atoms with Crippen LogP contribution in [0.3, 0.4) is 0 Å². The minimum Gasteiger partial charge on any atom is -0.368 e. The Morgan fingerprint density at radius 3 is 2.74 bits per heavy atom. The Morgan fingerprint density at radius 2 is 2.11 bits per heavy atom. The fourth-order valence-electron chi connectivity index (χ4n) is 2.64. The van der Waals surface area contributed by atoms with Gasteiger partial charge in [-0.05, 0) is 31.7 Å². The summed E-state index contributed by atoms with van der Waals surface area (Å²) in [6.45, 7) is 5.20. The zero-order valence-electron chi connectivity index (χ0n) is 11.2. The van der Waals surface area contributed by atoms with E-state index in [4.69, 9.17) is 0 Å². The second-order valence-corrected chi connectivity index (χ2v) is 5.30. The fourth-order valence-corrected chi connectivity index (χ4v) is 2.64. The highest BCUT2D eigenvalue weighted by atomic mass is 16.6. The summed E-state index contributed by atoms with van der Waals surface area (Å²) in [6.07, 6.45) is 2.96. The number of non-ortho nitro benzene ring substituents is 1. The van der Waals surface area contributed by atoms with Crippen LogP contribution in [0.5, 0.6) is 0 Å². The van der Waals surface area contributed by atoms with Crippen LogP contribution in [0.25, 0.3) is 0 Å². The average Bonchev–Trinajstić information content (AvgIpc) is 2.40. The van der Waals surface area contributed by atoms with Crippen LogP contribution in [0.4, 0.5) is 11.4 Å². The number of benzene rings is 1. The van der Waals surface area contributed by atoms with Crippen molar-refractivity contribution in [3.63, 3.8) is 0 Å². The van der Waals surface area contributed by atoms with Crippen LogP contribution in [0.1, 0.15) is 37.0 Å². The Balaban J connectivity index is 2.38. The maximum atomic E-state index is 11.2. The van der Waals surface area contributed by atoms with Crippen LogP contribution in [0, 0.1) is 16.0 Å². The SMILES string of the molecule is CC1CCC(C)N(c2ccc([N+](=O)[O-])cc2C=O)C1. The molecule has 0 aromatic heterocycles. The van der Waals surface area contributed by atoms with Crippen LogP contribution in [-0.2, 0) is 0 Å². The number of hydrogen-bond donors (Lipinski definition) is 0. The lowest BCUT2D eigenvalue weighted by atomic mass is 9.94. The molecule has 0 spiro atoms. The van der Waals surface area contributed by atoms with E-state index in [2.05, 4.69) is 18.7 Å². The summed E-state index contributed by atoms with van der Waals surface area (Å²) < 4.78 is 0. The molecule has 2 rings (SSSR count). The summed E-state index contributed by atoms with van der Waals surface area (Å²) >= 11 is 0. The molecule has 19 heavy (non-hydrogen) atoms. The molecule has 1 fully saturated rings. The van der Waals surface area contributed by atoms with Gasteiger partial charge < -0.3 is 4.90 Å². The lowest BCUT2D eigenvalue weighted by molar-refractivity contribution is -0.384. The standard InChI is InChI=1S/C14H18N2O3/c1-10-3-4-11(2)15(8-10)14-6-5-13(16(18)19)7-12(14)9-17/h5-7,9-11H,3-4,8H2,1-2H3. The topological polar surface area (TPSA) is 63.4 Å². The van der Waals surface area contributed by atoms with Crippen molar-refractivity contribution in [1.29, 1.82) is 0 Å². The second-order valence-electron chi connectivity index (χ2n) is 5.30. The summed E-state index contributed by atoms with van der Waals surface area (Å²) in [6, 6.07) is 4.87. The minimum absolute atomic E-state index is 0.0384. The molecule has 1 aromatic rings. The summed E-state index contributed by atoms with van der Waals surface area (Å²) in [7, 11) is 0. The molecule has 5 nitrogen and oxygen atoms in total. The van der Waals surface area contributed by atoms with Gasteiger partial charge in [0.1, 0.15) is 0 Å². The summed E-state index contributed by atoms with van der Waals surface area (Å²) in [4.78, 5) is 23.6. The van der Waals surface area contributed by atoms with Crippen LogP contribution >= 0.6 is 0 Å². The molecule has 5 heteroatoms. The largest absolute Gasteiger partial charge is 0.368 e. The third-order valence-electron chi connectivity index (χ3n) is 3.78. The Kier molecular flexibility index (Phi) is 3.83. The molecule has 1 aliphatic rings. The van der Waals surface area contributed by atoms with E-state index in [1.807, 2.05) is 0 Å². The quantitative estimate of drug-likeness (QED) is 0.477. The van der Waals surface area contributed by atoms with E-state index in [1.54, 1.807) is 6.07 Å². The van der Waals surface area contributed by atoms with Crippen LogP contribution in [0.15, 0.2) is 18.2 Å². The number of aldehydes is 1. The number of anilines is 1. The predicted octanol–water partition coefficient (Wildman–Crippen LogP) is 3.03. The van der Waals surface area contributed by atoms with Gasteiger partial charge in [0, 0.05) is 36.0 Å². The van der Waals surface area contributed by atoms with Crippen molar-refractivity contribution in [2.45, 2.75) is 32.7 Å². The molecule has 0 saturated carbocycles. The van der Waals surface area contributed by atoms with Gasteiger partial charge in [-0.2, -0.15) is 0 Å². The first-order chi connectivity index (χ1) is 9.02. The maximum absolute atomic E-state index is 11.2. The maximum Gasteiger partial charge on any atom is 0.270 e. The third kappa shape index (κ3) is 2.75. The molecule has 102 valence electrons. The number of carbonyl (C=O) groups excluding carboxylic acids is 1. The average molecular weight is 262 g/mol. The van der Waals surface area contributed by atoms with E-state index in [0.29, 0.717) is 23.8 Å². The molecule has 0 N–H and O–H groups in total. The van der Waals surface area contributed by atoms with Crippen molar-refractivity contribution in [2.75, 3.05) is 11.4 Å². The number of rotatable bonds is 3. The molecule has 1 aliphatic heterocycles. The summed E-state index contributed by atoms with van der Waals surface area (Å²) in [5.41, 5.74) is 1.17. The first kappa shape index (κ1) is 13.5. The number of hydrogen-bond acceptors (Lipinski definition) is 4. The third-order valence-corrected chi connectivity index (χ3v) is 3.78. The van der Waals surface area contributed by atoms with Crippen LogP contribution < -0.4 is 4.90 Å². The lowest BCUT2D eigenvalue weighted by Gasteiger charge is -2.39. The highest BCUT2D eigenvalue weighted by Crippen LogP contribution is 2.31. The first-order valence-electron chi connectivity index (χ1n) is 6.53. The molecule has 2 atom stereocenters. The van der Waals surface area contributed by atoms with Crippen LogP contribution in [0.2, 0.25) is 0 Å². The van der Waals surface area contributed by atoms with Crippen molar-refractivity contribution >= 4 is 17.7 Å². The Labute approximate surface area is 112 Å². The van der Waals surface area contributed by atoms with E-state index in [1.165, 1.54) is 18.6 Å². The number of carbonyl (C=O) groups is 1. The van der Waals surface area contributed by atoms with Gasteiger partial charge in [-0.3, -0.25) is 14.9 Å². The van der Waals surface area contributed by atoms with Gasteiger partial charge in [0.25, 0.3) is 5.69 Å². The van der Waals surface area contributed by atoms with E-state index in [0.717, 1.165) is 18.7 Å². The molecule has 2 unspecified atom stereocenters. The molecule has 0 bridgehead atoms. The molecule has 0 aliphatic carbocycles. The normalized spacial score (nSPS) is 23.2. The minimum atomic E-state index is -0.473. The van der Waals surface area contributed by atoms with Crippen LogP contribution in [-0.4, -0.2) is 23.8 Å². The number of nitrogens with zero attached hydrogens (tertiary/aromatic N) is 2. The first-order valence-corrected chi connectivity index (χ1v) is 6.53. The van der Waals surface area contributed by atoms with Gasteiger partial charge in [-0.25, -0.2) is 0 Å². The van der Waals surface area contributed by atoms with Gasteiger partial charge in [-0.1, -0.05) is 6.92 Å². The highest BCUT2D eigenvalue weighted by molar-refractivity contribution is 5.86. The molecule has 1 aromatic carbocycles. The Bertz CT molecular complexity index is 501. The Morgan fingerprint density at radius 1 is 1.37 bits per heavy atom. The van der Waals surface area contributed by atoms with E-state index < -0.39 is 4.92 Å². The molecule has 1 saturated heterocycles. The number of nitro groups is 1. The number of nitro benzene ring substituents is 1. The monoisotopic (exact) mass is 262 g/mol. The predicted molar refractivity (Wildman–Crippen MR) is 73.7 cm³/mol. The van der Waals surface area contributed by atoms with Gasteiger partial charge in [0.05, 0.1) is 4.92 Å². The zero-order chi connectivity index (χ0) is 14.0. The van der Waals surface area contributed by atoms with Crippen molar-refractivity contribution in [1.82, 2.24) is 0 Å².